The summed E-state index contributed by atoms with van der Waals surface area (Å²) in [6.07, 6.45) is 8.40. The molecule has 0 unspecified atom stereocenters. The molecule has 0 spiro atoms. The van der Waals surface area contributed by atoms with Crippen molar-refractivity contribution in [1.82, 2.24) is 10.2 Å². The molecule has 2 aliphatic rings. The molecule has 0 amide bonds. The fourth-order valence-electron chi connectivity index (χ4n) is 2.58. The number of nitrogens with zero attached hydrogens (tertiary/aromatic N) is 1. The van der Waals surface area contributed by atoms with Crippen LogP contribution in [0.15, 0.2) is 0 Å². The van der Waals surface area contributed by atoms with E-state index in [9.17, 15) is 0 Å². The van der Waals surface area contributed by atoms with Gasteiger partial charge in [-0.25, -0.2) is 0 Å². The van der Waals surface area contributed by atoms with Crippen LogP contribution < -0.4 is 5.32 Å². The summed E-state index contributed by atoms with van der Waals surface area (Å²) < 4.78 is 0. The first-order valence-corrected chi connectivity index (χ1v) is 8.51. The molecule has 3 heteroatoms. The molecule has 0 bridgehead atoms. The van der Waals surface area contributed by atoms with Crippen molar-refractivity contribution in [3.05, 3.63) is 0 Å². The van der Waals surface area contributed by atoms with Crippen molar-refractivity contribution >= 4 is 11.8 Å². The maximum Gasteiger partial charge on any atom is 0.00967 e. The molecule has 0 atom stereocenters. The number of hydrogen-bond acceptors (Lipinski definition) is 3. The minimum atomic E-state index is 0.934. The van der Waals surface area contributed by atoms with Gasteiger partial charge in [-0.15, -0.1) is 0 Å². The fraction of sp³-hybridized carbons (Fsp3) is 1.00. The summed E-state index contributed by atoms with van der Waals surface area (Å²) in [7, 11) is 0. The van der Waals surface area contributed by atoms with Gasteiger partial charge in [0, 0.05) is 23.6 Å². The summed E-state index contributed by atoms with van der Waals surface area (Å²) in [6, 6.07) is 0.954. The monoisotopic (exact) mass is 256 g/mol. The average Bonchev–Trinajstić information content (AvgIpc) is 3.19. The van der Waals surface area contributed by atoms with Crippen molar-refractivity contribution in [3.63, 3.8) is 0 Å². The van der Waals surface area contributed by atoms with E-state index in [4.69, 9.17) is 0 Å². The highest BCUT2D eigenvalue weighted by Crippen LogP contribution is 2.28. The molecule has 2 rings (SSSR count). The van der Waals surface area contributed by atoms with E-state index in [0.29, 0.717) is 0 Å². The number of unbranched alkanes of at least 4 members (excludes halogenated alkanes) is 1. The molecule has 1 saturated carbocycles. The summed E-state index contributed by atoms with van der Waals surface area (Å²) in [5.74, 6) is 1.35. The Kier molecular flexibility index (Phi) is 6.16. The normalized spacial score (nSPS) is 22.2. The molecule has 1 aliphatic heterocycles. The van der Waals surface area contributed by atoms with Gasteiger partial charge in [0.25, 0.3) is 0 Å². The van der Waals surface area contributed by atoms with Crippen molar-refractivity contribution < 1.29 is 0 Å². The molecule has 1 N–H and O–H groups in total. The van der Waals surface area contributed by atoms with E-state index in [0.717, 1.165) is 11.3 Å². The molecule has 0 aromatic rings. The van der Waals surface area contributed by atoms with Gasteiger partial charge >= 0.3 is 0 Å². The smallest absolute Gasteiger partial charge is 0.00967 e. The summed E-state index contributed by atoms with van der Waals surface area (Å²) in [5.41, 5.74) is 0. The fourth-order valence-corrected chi connectivity index (χ4v) is 3.82. The highest BCUT2D eigenvalue weighted by atomic mass is 32.2. The molecule has 1 saturated heterocycles. The van der Waals surface area contributed by atoms with Gasteiger partial charge in [0.15, 0.2) is 0 Å². The van der Waals surface area contributed by atoms with Crippen LogP contribution >= 0.6 is 11.8 Å². The van der Waals surface area contributed by atoms with Crippen LogP contribution in [0.1, 0.15) is 45.4 Å². The molecule has 2 fully saturated rings. The van der Waals surface area contributed by atoms with E-state index < -0.39 is 0 Å². The van der Waals surface area contributed by atoms with Gasteiger partial charge in [0.1, 0.15) is 0 Å². The largest absolute Gasteiger partial charge is 0.317 e. The molecule has 0 aromatic heterocycles. The lowest BCUT2D eigenvalue weighted by molar-refractivity contribution is 0.275. The van der Waals surface area contributed by atoms with Crippen LogP contribution in [0, 0.1) is 0 Å². The van der Waals surface area contributed by atoms with Crippen molar-refractivity contribution in [2.75, 3.05) is 31.9 Å². The molecular formula is C14H28N2S. The second-order valence-corrected chi connectivity index (χ2v) is 6.85. The van der Waals surface area contributed by atoms with Crippen LogP contribution in [0.3, 0.4) is 0 Å². The lowest BCUT2D eigenvalue weighted by Gasteiger charge is -2.25. The Bertz CT molecular complexity index is 200. The second-order valence-electron chi connectivity index (χ2n) is 5.44. The van der Waals surface area contributed by atoms with Crippen molar-refractivity contribution in [2.45, 2.75) is 56.7 Å². The Morgan fingerprint density at radius 1 is 1.12 bits per heavy atom. The van der Waals surface area contributed by atoms with Crippen LogP contribution in [0.5, 0.6) is 0 Å². The quantitative estimate of drug-likeness (QED) is 0.719. The molecular weight excluding hydrogens is 228 g/mol. The number of piperidine rings is 1. The van der Waals surface area contributed by atoms with E-state index in [2.05, 4.69) is 28.9 Å². The highest BCUT2D eigenvalue weighted by Gasteiger charge is 2.28. The van der Waals surface area contributed by atoms with E-state index in [1.54, 1.807) is 0 Å². The Hall–Kier alpha value is 0.270. The number of nitrogens with one attached hydrogen (secondary N) is 1. The van der Waals surface area contributed by atoms with Crippen LogP contribution in [0.4, 0.5) is 0 Å². The zero-order valence-electron chi connectivity index (χ0n) is 11.3. The van der Waals surface area contributed by atoms with Gasteiger partial charge < -0.3 is 5.32 Å². The zero-order valence-corrected chi connectivity index (χ0v) is 12.1. The maximum atomic E-state index is 3.45. The molecule has 17 heavy (non-hydrogen) atoms. The molecule has 1 aliphatic carbocycles. The van der Waals surface area contributed by atoms with Crippen LogP contribution in [0.25, 0.3) is 0 Å². The van der Waals surface area contributed by atoms with Gasteiger partial charge in [-0.3, -0.25) is 4.90 Å². The highest BCUT2D eigenvalue weighted by molar-refractivity contribution is 7.99. The Morgan fingerprint density at radius 3 is 2.53 bits per heavy atom. The maximum absolute atomic E-state index is 3.45. The van der Waals surface area contributed by atoms with Crippen LogP contribution in [-0.2, 0) is 0 Å². The first kappa shape index (κ1) is 13.7. The molecule has 1 heterocycles. The number of rotatable bonds is 8. The summed E-state index contributed by atoms with van der Waals surface area (Å²) in [5, 5.41) is 4.38. The zero-order chi connectivity index (χ0) is 11.9. The molecule has 0 aromatic carbocycles. The number of hydrogen-bond donors (Lipinski definition) is 1. The van der Waals surface area contributed by atoms with Crippen molar-refractivity contribution in [1.29, 1.82) is 0 Å². The third kappa shape index (κ3) is 5.19. The third-order valence-corrected chi connectivity index (χ3v) is 5.24. The molecule has 100 valence electrons. The van der Waals surface area contributed by atoms with E-state index in [-0.39, 0.29) is 0 Å². The second kappa shape index (κ2) is 7.65. The Morgan fingerprint density at radius 2 is 1.88 bits per heavy atom. The third-order valence-electron chi connectivity index (χ3n) is 3.88. The number of thioether (sulfide) groups is 1. The summed E-state index contributed by atoms with van der Waals surface area (Å²) in [6.45, 7) is 7.45. The lowest BCUT2D eigenvalue weighted by atomic mass is 10.2. The average molecular weight is 256 g/mol. The Balaban J connectivity index is 1.57. The summed E-state index contributed by atoms with van der Waals surface area (Å²) in [4.78, 5) is 2.75. The van der Waals surface area contributed by atoms with E-state index >= 15 is 0 Å². The van der Waals surface area contributed by atoms with E-state index in [1.165, 1.54) is 70.5 Å². The lowest BCUT2D eigenvalue weighted by Crippen LogP contribution is -2.32. The molecule has 0 radical (unpaired) electrons. The van der Waals surface area contributed by atoms with Gasteiger partial charge in [0.05, 0.1) is 0 Å². The first-order chi connectivity index (χ1) is 8.40. The predicted molar refractivity (Wildman–Crippen MR) is 77.9 cm³/mol. The molecule has 2 nitrogen and oxygen atoms in total. The van der Waals surface area contributed by atoms with Gasteiger partial charge in [-0.1, -0.05) is 13.3 Å². The standard InChI is InChI=1S/C14H28N2S/c1-2-3-10-16(13-4-5-13)11-12-17-14-6-8-15-9-7-14/h13-15H,2-12H2,1H3. The minimum Gasteiger partial charge on any atom is -0.317 e. The van der Waals surface area contributed by atoms with Crippen molar-refractivity contribution in [2.24, 2.45) is 0 Å². The summed E-state index contributed by atoms with van der Waals surface area (Å²) >= 11 is 2.22. The predicted octanol–water partition coefficient (Wildman–Crippen LogP) is 2.74. The van der Waals surface area contributed by atoms with Crippen molar-refractivity contribution in [3.8, 4) is 0 Å². The Labute approximate surface area is 111 Å². The van der Waals surface area contributed by atoms with Gasteiger partial charge in [0.2, 0.25) is 0 Å². The SMILES string of the molecule is CCCCN(CCSC1CCNCC1)C1CC1. The van der Waals surface area contributed by atoms with Gasteiger partial charge in [-0.05, 0) is 51.7 Å². The van der Waals surface area contributed by atoms with Gasteiger partial charge in [-0.2, -0.15) is 11.8 Å². The van der Waals surface area contributed by atoms with E-state index in [1.807, 2.05) is 0 Å². The van der Waals surface area contributed by atoms with Crippen LogP contribution in [0.2, 0.25) is 0 Å². The first-order valence-electron chi connectivity index (χ1n) is 7.46. The minimum absolute atomic E-state index is 0.934. The topological polar surface area (TPSA) is 15.3 Å². The van der Waals surface area contributed by atoms with Crippen LogP contribution in [-0.4, -0.2) is 48.1 Å².